The molecule has 0 aliphatic rings. The maximum atomic E-state index is 13.2. The highest BCUT2D eigenvalue weighted by Gasteiger charge is 2.24. The Bertz CT molecular complexity index is 1730. The number of benzene rings is 2. The zero-order chi connectivity index (χ0) is 31.9. The number of carbonyl (C=O) groups is 3. The minimum absolute atomic E-state index is 0.0107. The number of halogens is 1. The summed E-state index contributed by atoms with van der Waals surface area (Å²) in [5, 5.41) is 26.5. The number of tetrazole rings is 1. The standard InChI is InChI=1S/C29H30ClN9O5/c1-29(2,3)27(42)31-15-23(34-25(40)12-7-18-13-19(30)8-11-24(18)39-16-32-37-38-39)22-14-21(26(41)36-35-22)17-5-9-20(10-6-17)33-28(43)44-4/h5-14,16,23H,15H2,1-4H3,(H,31,42)(H,33,43)(H,34,40)(H,36,41)/t23-/m0/s1. The van der Waals surface area contributed by atoms with Crippen molar-refractivity contribution in [2.24, 2.45) is 5.41 Å². The number of aromatic amines is 1. The predicted octanol–water partition coefficient (Wildman–Crippen LogP) is 3.28. The first-order chi connectivity index (χ1) is 20.9. The van der Waals surface area contributed by atoms with E-state index in [0.29, 0.717) is 33.2 Å². The van der Waals surface area contributed by atoms with Crippen LogP contribution in [-0.2, 0) is 14.3 Å². The fourth-order valence-electron chi connectivity index (χ4n) is 3.93. The summed E-state index contributed by atoms with van der Waals surface area (Å²) >= 11 is 6.18. The molecule has 4 rings (SSSR count). The lowest BCUT2D eigenvalue weighted by Crippen LogP contribution is -2.42. The van der Waals surface area contributed by atoms with Crippen molar-refractivity contribution in [3.63, 3.8) is 0 Å². The van der Waals surface area contributed by atoms with Gasteiger partial charge in [-0.2, -0.15) is 9.78 Å². The molecule has 0 fully saturated rings. The van der Waals surface area contributed by atoms with Gasteiger partial charge in [0.2, 0.25) is 11.8 Å². The molecule has 0 bridgehead atoms. The smallest absolute Gasteiger partial charge is 0.411 e. The van der Waals surface area contributed by atoms with Gasteiger partial charge < -0.3 is 15.4 Å². The molecule has 0 aliphatic heterocycles. The van der Waals surface area contributed by atoms with Gasteiger partial charge in [-0.25, -0.2) is 9.89 Å². The first kappa shape index (κ1) is 31.6. The summed E-state index contributed by atoms with van der Waals surface area (Å²) < 4.78 is 6.03. The van der Waals surface area contributed by atoms with Crippen molar-refractivity contribution in [1.82, 2.24) is 41.0 Å². The predicted molar refractivity (Wildman–Crippen MR) is 163 cm³/mol. The zero-order valence-corrected chi connectivity index (χ0v) is 25.0. The third-order valence-corrected chi connectivity index (χ3v) is 6.51. The maximum absolute atomic E-state index is 13.2. The molecule has 44 heavy (non-hydrogen) atoms. The number of amides is 3. The Hall–Kier alpha value is -5.37. The number of ether oxygens (including phenoxy) is 1. The summed E-state index contributed by atoms with van der Waals surface area (Å²) in [5.74, 6) is -0.744. The second kappa shape index (κ2) is 13.7. The average Bonchev–Trinajstić information content (AvgIpc) is 3.53. The van der Waals surface area contributed by atoms with Crippen LogP contribution >= 0.6 is 11.6 Å². The van der Waals surface area contributed by atoms with Crippen molar-refractivity contribution < 1.29 is 19.1 Å². The lowest BCUT2D eigenvalue weighted by atomic mass is 9.95. The Morgan fingerprint density at radius 1 is 1.11 bits per heavy atom. The van der Waals surface area contributed by atoms with Gasteiger partial charge in [-0.15, -0.1) is 5.10 Å². The summed E-state index contributed by atoms with van der Waals surface area (Å²) in [7, 11) is 1.25. The van der Waals surface area contributed by atoms with Crippen LogP contribution < -0.4 is 21.5 Å². The Labute approximate surface area is 256 Å². The summed E-state index contributed by atoms with van der Waals surface area (Å²) in [4.78, 5) is 50.1. The molecule has 0 unspecified atom stereocenters. The molecular weight excluding hydrogens is 590 g/mol. The van der Waals surface area contributed by atoms with Crippen molar-refractivity contribution in [3.05, 3.63) is 87.6 Å². The van der Waals surface area contributed by atoms with E-state index in [9.17, 15) is 19.2 Å². The molecule has 15 heteroatoms. The van der Waals surface area contributed by atoms with E-state index in [2.05, 4.69) is 46.4 Å². The molecule has 2 heterocycles. The molecule has 228 valence electrons. The van der Waals surface area contributed by atoms with Crippen LogP contribution in [-0.4, -0.2) is 62.0 Å². The summed E-state index contributed by atoms with van der Waals surface area (Å²) in [6.07, 6.45) is 3.64. The fourth-order valence-corrected chi connectivity index (χ4v) is 4.11. The number of nitrogens with zero attached hydrogens (tertiary/aromatic N) is 5. The minimum Gasteiger partial charge on any atom is -0.453 e. The Morgan fingerprint density at radius 3 is 2.52 bits per heavy atom. The summed E-state index contributed by atoms with van der Waals surface area (Å²) in [6.45, 7) is 5.28. The molecule has 4 N–H and O–H groups in total. The number of carbonyl (C=O) groups excluding carboxylic acids is 3. The van der Waals surface area contributed by atoms with Crippen LogP contribution in [0.25, 0.3) is 22.9 Å². The van der Waals surface area contributed by atoms with Gasteiger partial charge in [0.05, 0.1) is 30.1 Å². The number of hydrogen-bond acceptors (Lipinski definition) is 9. The van der Waals surface area contributed by atoms with Gasteiger partial charge in [-0.05, 0) is 58.5 Å². The largest absolute Gasteiger partial charge is 0.453 e. The highest BCUT2D eigenvalue weighted by atomic mass is 35.5. The molecule has 14 nitrogen and oxygen atoms in total. The molecule has 2 aromatic carbocycles. The molecule has 3 amide bonds. The topological polar surface area (TPSA) is 186 Å². The number of anilines is 1. The van der Waals surface area contributed by atoms with Crippen LogP contribution in [0.5, 0.6) is 0 Å². The van der Waals surface area contributed by atoms with Gasteiger partial charge in [0.15, 0.2) is 0 Å². The quantitative estimate of drug-likeness (QED) is 0.204. The maximum Gasteiger partial charge on any atom is 0.411 e. The SMILES string of the molecule is COC(=O)Nc1ccc(-c2cc([C@H](CNC(=O)C(C)(C)C)NC(=O)C=Cc3cc(Cl)ccc3-n3cnnn3)n[nH]c2=O)cc1. The molecule has 2 aromatic heterocycles. The molecule has 4 aromatic rings. The van der Waals surface area contributed by atoms with Crippen molar-refractivity contribution in [2.45, 2.75) is 26.8 Å². The molecule has 0 saturated heterocycles. The van der Waals surface area contributed by atoms with Gasteiger partial charge >= 0.3 is 6.09 Å². The van der Waals surface area contributed by atoms with E-state index in [0.717, 1.165) is 0 Å². The molecular formula is C29H30ClN9O5. The van der Waals surface area contributed by atoms with Crippen LogP contribution in [0.15, 0.2) is 65.7 Å². The zero-order valence-electron chi connectivity index (χ0n) is 24.3. The molecule has 0 spiro atoms. The second-order valence-corrected chi connectivity index (χ2v) is 11.0. The van der Waals surface area contributed by atoms with E-state index in [4.69, 9.17) is 11.6 Å². The Balaban J connectivity index is 1.61. The monoisotopic (exact) mass is 619 g/mol. The van der Waals surface area contributed by atoms with Gasteiger partial charge in [0.1, 0.15) is 6.33 Å². The fraction of sp³-hybridized carbons (Fsp3) is 0.241. The van der Waals surface area contributed by atoms with Crippen molar-refractivity contribution in [2.75, 3.05) is 19.0 Å². The highest BCUT2D eigenvalue weighted by Crippen LogP contribution is 2.23. The van der Waals surface area contributed by atoms with Crippen LogP contribution in [0.4, 0.5) is 10.5 Å². The van der Waals surface area contributed by atoms with E-state index >= 15 is 0 Å². The van der Waals surface area contributed by atoms with E-state index in [-0.39, 0.29) is 18.0 Å². The number of hydrogen-bond donors (Lipinski definition) is 4. The third-order valence-electron chi connectivity index (χ3n) is 6.27. The Kier molecular flexibility index (Phi) is 9.85. The van der Waals surface area contributed by atoms with Gasteiger partial charge in [0.25, 0.3) is 5.56 Å². The minimum atomic E-state index is -0.826. The van der Waals surface area contributed by atoms with E-state index in [1.807, 2.05) is 0 Å². The van der Waals surface area contributed by atoms with E-state index in [1.165, 1.54) is 30.3 Å². The Morgan fingerprint density at radius 2 is 1.86 bits per heavy atom. The lowest BCUT2D eigenvalue weighted by Gasteiger charge is -2.22. The van der Waals surface area contributed by atoms with Crippen LogP contribution in [0.1, 0.15) is 38.1 Å². The third kappa shape index (κ3) is 8.13. The molecule has 1 atom stereocenters. The molecule has 0 saturated carbocycles. The van der Waals surface area contributed by atoms with E-state index < -0.39 is 29.0 Å². The van der Waals surface area contributed by atoms with Gasteiger partial charge in [-0.3, -0.25) is 19.7 Å². The summed E-state index contributed by atoms with van der Waals surface area (Å²) in [5.41, 5.74) is 1.58. The van der Waals surface area contributed by atoms with E-state index in [1.54, 1.807) is 69.3 Å². The number of H-pyrrole nitrogens is 1. The lowest BCUT2D eigenvalue weighted by molar-refractivity contribution is -0.128. The number of nitrogens with one attached hydrogen (secondary N) is 4. The number of aromatic nitrogens is 6. The van der Waals surface area contributed by atoms with Crippen LogP contribution in [0.2, 0.25) is 5.02 Å². The first-order valence-corrected chi connectivity index (χ1v) is 13.7. The van der Waals surface area contributed by atoms with Crippen LogP contribution in [0.3, 0.4) is 0 Å². The second-order valence-electron chi connectivity index (χ2n) is 10.5. The van der Waals surface area contributed by atoms with Crippen molar-refractivity contribution in [1.29, 1.82) is 0 Å². The average molecular weight is 620 g/mol. The molecule has 0 aliphatic carbocycles. The van der Waals surface area contributed by atoms with Crippen molar-refractivity contribution in [3.8, 4) is 16.8 Å². The van der Waals surface area contributed by atoms with Gasteiger partial charge in [-0.1, -0.05) is 44.5 Å². The highest BCUT2D eigenvalue weighted by molar-refractivity contribution is 6.30. The van der Waals surface area contributed by atoms with Crippen molar-refractivity contribution >= 4 is 41.3 Å². The summed E-state index contributed by atoms with van der Waals surface area (Å²) in [6, 6.07) is 12.3. The normalized spacial score (nSPS) is 12.0. The number of rotatable bonds is 9. The number of methoxy groups -OCH3 is 1. The van der Waals surface area contributed by atoms with Crippen LogP contribution in [0, 0.1) is 5.41 Å². The van der Waals surface area contributed by atoms with Gasteiger partial charge in [0, 0.05) is 34.3 Å². The first-order valence-electron chi connectivity index (χ1n) is 13.3. The molecule has 0 radical (unpaired) electrons.